The van der Waals surface area contributed by atoms with Gasteiger partial charge in [-0.3, -0.25) is 4.79 Å². The molecule has 15 heavy (non-hydrogen) atoms. The topological polar surface area (TPSA) is 38.3 Å². The first-order valence-electron chi connectivity index (χ1n) is 5.94. The van der Waals surface area contributed by atoms with Crippen LogP contribution in [0, 0.1) is 0 Å². The fourth-order valence-electron chi connectivity index (χ4n) is 1.62. The normalized spacial score (nSPS) is 14.7. The second kappa shape index (κ2) is 7.69. The van der Waals surface area contributed by atoms with Gasteiger partial charge in [0.15, 0.2) is 0 Å². The van der Waals surface area contributed by atoms with E-state index in [1.165, 1.54) is 20.0 Å². The molecule has 0 rings (SSSR count). The number of methoxy groups -OCH3 is 1. The van der Waals surface area contributed by atoms with Crippen molar-refractivity contribution < 1.29 is 9.53 Å². The number of nitrogens with one attached hydrogen (secondary N) is 1. The van der Waals surface area contributed by atoms with Crippen molar-refractivity contribution in [1.82, 2.24) is 5.32 Å². The highest BCUT2D eigenvalue weighted by molar-refractivity contribution is 5.80. The van der Waals surface area contributed by atoms with E-state index >= 15 is 0 Å². The molecule has 0 aliphatic rings. The summed E-state index contributed by atoms with van der Waals surface area (Å²) in [5.74, 6) is -0.146. The van der Waals surface area contributed by atoms with E-state index in [0.717, 1.165) is 25.8 Å². The van der Waals surface area contributed by atoms with Gasteiger partial charge in [0.25, 0.3) is 0 Å². The zero-order valence-corrected chi connectivity index (χ0v) is 10.6. The minimum atomic E-state index is -0.500. The molecule has 1 unspecified atom stereocenters. The van der Waals surface area contributed by atoms with Gasteiger partial charge in [-0.15, -0.1) is 0 Å². The summed E-state index contributed by atoms with van der Waals surface area (Å²) in [6.07, 6.45) is 5.29. The van der Waals surface area contributed by atoms with Gasteiger partial charge in [0.05, 0.1) is 7.11 Å². The van der Waals surface area contributed by atoms with Crippen LogP contribution in [-0.2, 0) is 9.53 Å². The Labute approximate surface area is 93.6 Å². The van der Waals surface area contributed by atoms with E-state index < -0.39 is 5.54 Å². The molecular formula is C12H25NO2. The van der Waals surface area contributed by atoms with Crippen LogP contribution in [0.1, 0.15) is 52.9 Å². The lowest BCUT2D eigenvalue weighted by atomic mass is 9.94. The molecule has 1 N–H and O–H groups in total. The Morgan fingerprint density at radius 2 is 1.93 bits per heavy atom. The average molecular weight is 215 g/mol. The minimum Gasteiger partial charge on any atom is -0.468 e. The van der Waals surface area contributed by atoms with Gasteiger partial charge in [0, 0.05) is 0 Å². The van der Waals surface area contributed by atoms with Gasteiger partial charge >= 0.3 is 5.97 Å². The number of unbranched alkanes of at least 4 members (excludes halogenated alkanes) is 2. The largest absolute Gasteiger partial charge is 0.468 e. The van der Waals surface area contributed by atoms with Crippen molar-refractivity contribution in [3.05, 3.63) is 0 Å². The zero-order valence-electron chi connectivity index (χ0n) is 10.6. The maximum Gasteiger partial charge on any atom is 0.325 e. The van der Waals surface area contributed by atoms with Crippen LogP contribution < -0.4 is 5.32 Å². The van der Waals surface area contributed by atoms with Crippen molar-refractivity contribution in [3.8, 4) is 0 Å². The summed E-state index contributed by atoms with van der Waals surface area (Å²) in [7, 11) is 1.45. The van der Waals surface area contributed by atoms with E-state index in [-0.39, 0.29) is 5.97 Å². The molecule has 0 aromatic rings. The maximum atomic E-state index is 11.6. The van der Waals surface area contributed by atoms with Crippen LogP contribution in [0.3, 0.4) is 0 Å². The van der Waals surface area contributed by atoms with Crippen molar-refractivity contribution in [2.45, 2.75) is 58.4 Å². The molecule has 0 bridgehead atoms. The van der Waals surface area contributed by atoms with Gasteiger partial charge in [0.2, 0.25) is 0 Å². The summed E-state index contributed by atoms with van der Waals surface area (Å²) in [5, 5.41) is 3.28. The van der Waals surface area contributed by atoms with E-state index in [0.29, 0.717) is 0 Å². The average Bonchev–Trinajstić information content (AvgIpc) is 2.25. The Hall–Kier alpha value is -0.570. The SMILES string of the molecule is CCCCCC(C)(NCCC)C(=O)OC. The van der Waals surface area contributed by atoms with Crippen LogP contribution in [-0.4, -0.2) is 25.2 Å². The molecule has 0 spiro atoms. The monoisotopic (exact) mass is 215 g/mol. The first-order chi connectivity index (χ1) is 7.10. The number of hydrogen-bond donors (Lipinski definition) is 1. The second-order valence-corrected chi connectivity index (χ2v) is 4.21. The molecule has 0 saturated heterocycles. The standard InChI is InChI=1S/C12H25NO2/c1-5-7-8-9-12(3,11(14)15-4)13-10-6-2/h13H,5-10H2,1-4H3. The fourth-order valence-corrected chi connectivity index (χ4v) is 1.62. The molecule has 3 nitrogen and oxygen atoms in total. The first kappa shape index (κ1) is 14.4. The molecule has 3 heteroatoms. The Morgan fingerprint density at radius 3 is 2.40 bits per heavy atom. The van der Waals surface area contributed by atoms with Gasteiger partial charge in [-0.25, -0.2) is 0 Å². The number of hydrogen-bond acceptors (Lipinski definition) is 3. The Kier molecular flexibility index (Phi) is 7.39. The number of rotatable bonds is 8. The predicted molar refractivity (Wildman–Crippen MR) is 62.9 cm³/mol. The third-order valence-corrected chi connectivity index (χ3v) is 2.68. The molecule has 0 saturated carbocycles. The molecular weight excluding hydrogens is 190 g/mol. The predicted octanol–water partition coefficient (Wildman–Crippen LogP) is 2.50. The highest BCUT2D eigenvalue weighted by atomic mass is 16.5. The van der Waals surface area contributed by atoms with E-state index in [9.17, 15) is 4.79 Å². The number of carbonyl (C=O) groups is 1. The Morgan fingerprint density at radius 1 is 1.27 bits per heavy atom. The lowest BCUT2D eigenvalue weighted by molar-refractivity contribution is -0.148. The summed E-state index contributed by atoms with van der Waals surface area (Å²) >= 11 is 0. The molecule has 90 valence electrons. The van der Waals surface area contributed by atoms with Gasteiger partial charge in [-0.2, -0.15) is 0 Å². The van der Waals surface area contributed by atoms with Crippen LogP contribution >= 0.6 is 0 Å². The molecule has 1 atom stereocenters. The molecule has 0 amide bonds. The smallest absolute Gasteiger partial charge is 0.325 e. The minimum absolute atomic E-state index is 0.146. The number of esters is 1. The molecule has 0 aliphatic carbocycles. The summed E-state index contributed by atoms with van der Waals surface area (Å²) in [6.45, 7) is 7.05. The van der Waals surface area contributed by atoms with Crippen molar-refractivity contribution >= 4 is 5.97 Å². The first-order valence-corrected chi connectivity index (χ1v) is 5.94. The molecule has 0 aromatic heterocycles. The molecule has 0 aliphatic heterocycles. The quantitative estimate of drug-likeness (QED) is 0.499. The lowest BCUT2D eigenvalue weighted by Gasteiger charge is -2.27. The van der Waals surface area contributed by atoms with Crippen LogP contribution in [0.15, 0.2) is 0 Å². The highest BCUT2D eigenvalue weighted by Crippen LogP contribution is 2.16. The summed E-state index contributed by atoms with van der Waals surface area (Å²) in [5.41, 5.74) is -0.500. The zero-order chi connectivity index (χ0) is 11.7. The van der Waals surface area contributed by atoms with Crippen LogP contribution in [0.5, 0.6) is 0 Å². The molecule has 0 heterocycles. The van der Waals surface area contributed by atoms with E-state index in [1.807, 2.05) is 6.92 Å². The van der Waals surface area contributed by atoms with E-state index in [2.05, 4.69) is 19.2 Å². The van der Waals surface area contributed by atoms with Crippen LogP contribution in [0.4, 0.5) is 0 Å². The highest BCUT2D eigenvalue weighted by Gasteiger charge is 2.32. The van der Waals surface area contributed by atoms with Crippen LogP contribution in [0.2, 0.25) is 0 Å². The fraction of sp³-hybridized carbons (Fsp3) is 0.917. The third-order valence-electron chi connectivity index (χ3n) is 2.68. The van der Waals surface area contributed by atoms with Gasteiger partial charge in [0.1, 0.15) is 5.54 Å². The summed E-state index contributed by atoms with van der Waals surface area (Å²) in [4.78, 5) is 11.6. The molecule has 0 radical (unpaired) electrons. The van der Waals surface area contributed by atoms with E-state index in [4.69, 9.17) is 4.74 Å². The Bertz CT molecular complexity index is 182. The van der Waals surface area contributed by atoms with E-state index in [1.54, 1.807) is 0 Å². The van der Waals surface area contributed by atoms with Crippen molar-refractivity contribution in [2.75, 3.05) is 13.7 Å². The Balaban J connectivity index is 4.20. The second-order valence-electron chi connectivity index (χ2n) is 4.21. The number of ether oxygens (including phenoxy) is 1. The third kappa shape index (κ3) is 5.17. The maximum absolute atomic E-state index is 11.6. The molecule has 0 aromatic carbocycles. The summed E-state index contributed by atoms with van der Waals surface area (Å²) in [6, 6.07) is 0. The summed E-state index contributed by atoms with van der Waals surface area (Å²) < 4.78 is 4.84. The van der Waals surface area contributed by atoms with Gasteiger partial charge in [-0.05, 0) is 26.3 Å². The lowest BCUT2D eigenvalue weighted by Crippen LogP contribution is -2.50. The van der Waals surface area contributed by atoms with Gasteiger partial charge in [-0.1, -0.05) is 33.1 Å². The van der Waals surface area contributed by atoms with Gasteiger partial charge < -0.3 is 10.1 Å². The van der Waals surface area contributed by atoms with Crippen LogP contribution in [0.25, 0.3) is 0 Å². The van der Waals surface area contributed by atoms with Crippen molar-refractivity contribution in [2.24, 2.45) is 0 Å². The number of carbonyl (C=O) groups excluding carboxylic acids is 1. The van der Waals surface area contributed by atoms with Crippen molar-refractivity contribution in [1.29, 1.82) is 0 Å². The van der Waals surface area contributed by atoms with Crippen molar-refractivity contribution in [3.63, 3.8) is 0 Å². The molecule has 0 fully saturated rings.